The summed E-state index contributed by atoms with van der Waals surface area (Å²) in [5.41, 5.74) is 1.43. The molecule has 1 N–H and O–H groups in total. The normalized spacial score (nSPS) is 10.2. The lowest BCUT2D eigenvalue weighted by molar-refractivity contribution is -0.147. The van der Waals surface area contributed by atoms with Crippen LogP contribution in [0.25, 0.3) is 0 Å². The van der Waals surface area contributed by atoms with Crippen LogP contribution in [0, 0.1) is 12.7 Å². The summed E-state index contributed by atoms with van der Waals surface area (Å²) in [6, 6.07) is 11.2. The summed E-state index contributed by atoms with van der Waals surface area (Å²) in [6.45, 7) is 1.67. The number of halogens is 2. The maximum absolute atomic E-state index is 13.0. The maximum atomic E-state index is 13.0. The first-order valence-corrected chi connectivity index (χ1v) is 7.92. The third kappa shape index (κ3) is 6.43. The Bertz CT molecular complexity index is 749. The largest absolute Gasteiger partial charge is 0.493 e. The summed E-state index contributed by atoms with van der Waals surface area (Å²) in [7, 11) is 0. The number of nitrogens with one attached hydrogen (secondary N) is 1. The van der Waals surface area contributed by atoms with Gasteiger partial charge in [0.15, 0.2) is 6.61 Å². The Kier molecular flexibility index (Phi) is 6.77. The molecule has 2 aromatic rings. The Labute approximate surface area is 149 Å². The number of amides is 1. The Morgan fingerprint density at radius 1 is 1.16 bits per heavy atom. The molecule has 0 heterocycles. The number of hydrogen-bond donors (Lipinski definition) is 1. The van der Waals surface area contributed by atoms with Crippen molar-refractivity contribution in [1.82, 2.24) is 0 Å². The number of anilines is 1. The molecule has 0 fully saturated rings. The van der Waals surface area contributed by atoms with Crippen molar-refractivity contribution in [3.63, 3.8) is 0 Å². The minimum Gasteiger partial charge on any atom is -0.493 e. The number of aryl methyl sites for hydroxylation is 1. The van der Waals surface area contributed by atoms with Crippen molar-refractivity contribution >= 4 is 29.2 Å². The lowest BCUT2D eigenvalue weighted by Crippen LogP contribution is -2.21. The molecule has 0 atom stereocenters. The van der Waals surface area contributed by atoms with Crippen LogP contribution in [0.3, 0.4) is 0 Å². The number of rotatable bonds is 7. The van der Waals surface area contributed by atoms with Crippen molar-refractivity contribution < 1.29 is 23.5 Å². The van der Waals surface area contributed by atoms with Gasteiger partial charge in [-0.25, -0.2) is 4.39 Å². The Balaban J connectivity index is 1.67. The van der Waals surface area contributed by atoms with Crippen LogP contribution in [0.1, 0.15) is 12.0 Å². The number of hydrogen-bond acceptors (Lipinski definition) is 4. The minimum absolute atomic E-state index is 0.0174. The topological polar surface area (TPSA) is 64.6 Å². The van der Waals surface area contributed by atoms with Gasteiger partial charge < -0.3 is 14.8 Å². The number of ether oxygens (including phenoxy) is 2. The van der Waals surface area contributed by atoms with Crippen LogP contribution in [0.4, 0.5) is 10.1 Å². The van der Waals surface area contributed by atoms with Crippen molar-refractivity contribution in [3.8, 4) is 5.75 Å². The zero-order chi connectivity index (χ0) is 18.2. The molecule has 0 unspecified atom stereocenters. The van der Waals surface area contributed by atoms with E-state index in [1.54, 1.807) is 0 Å². The van der Waals surface area contributed by atoms with Gasteiger partial charge in [-0.05, 0) is 37.3 Å². The average Bonchev–Trinajstić information content (AvgIpc) is 2.58. The average molecular weight is 366 g/mol. The van der Waals surface area contributed by atoms with Gasteiger partial charge in [0, 0.05) is 5.69 Å². The van der Waals surface area contributed by atoms with E-state index in [4.69, 9.17) is 21.1 Å². The van der Waals surface area contributed by atoms with Gasteiger partial charge in [-0.15, -0.1) is 0 Å². The molecule has 0 aliphatic rings. The van der Waals surface area contributed by atoms with E-state index in [0.717, 1.165) is 11.6 Å². The highest BCUT2D eigenvalue weighted by atomic mass is 35.5. The van der Waals surface area contributed by atoms with Gasteiger partial charge in [0.2, 0.25) is 0 Å². The molecule has 0 saturated heterocycles. The monoisotopic (exact) mass is 365 g/mol. The van der Waals surface area contributed by atoms with E-state index in [1.807, 2.05) is 31.2 Å². The molecule has 5 nitrogen and oxygen atoms in total. The zero-order valence-corrected chi connectivity index (χ0v) is 14.3. The van der Waals surface area contributed by atoms with E-state index >= 15 is 0 Å². The maximum Gasteiger partial charge on any atom is 0.309 e. The summed E-state index contributed by atoms with van der Waals surface area (Å²) < 4.78 is 23.3. The first kappa shape index (κ1) is 18.7. The van der Waals surface area contributed by atoms with E-state index in [9.17, 15) is 14.0 Å². The van der Waals surface area contributed by atoms with Gasteiger partial charge in [0.05, 0.1) is 18.1 Å². The predicted molar refractivity (Wildman–Crippen MR) is 92.3 cm³/mol. The highest BCUT2D eigenvalue weighted by molar-refractivity contribution is 6.31. The molecule has 25 heavy (non-hydrogen) atoms. The van der Waals surface area contributed by atoms with E-state index in [0.29, 0.717) is 11.4 Å². The van der Waals surface area contributed by atoms with E-state index < -0.39 is 24.3 Å². The summed E-state index contributed by atoms with van der Waals surface area (Å²) >= 11 is 5.62. The van der Waals surface area contributed by atoms with Crippen LogP contribution in [0.15, 0.2) is 42.5 Å². The molecular formula is C18H17ClFNO4. The molecule has 0 radical (unpaired) electrons. The summed E-state index contributed by atoms with van der Waals surface area (Å²) in [6.07, 6.45) is 0.0174. The van der Waals surface area contributed by atoms with Crippen LogP contribution < -0.4 is 10.1 Å². The Morgan fingerprint density at radius 3 is 2.56 bits per heavy atom. The molecule has 0 spiro atoms. The second-order valence-electron chi connectivity index (χ2n) is 5.25. The molecule has 0 aromatic heterocycles. The molecule has 0 aliphatic heterocycles. The summed E-state index contributed by atoms with van der Waals surface area (Å²) in [4.78, 5) is 23.3. The molecule has 1 amide bonds. The Morgan fingerprint density at radius 2 is 1.88 bits per heavy atom. The van der Waals surface area contributed by atoms with Crippen LogP contribution in [0.2, 0.25) is 5.02 Å². The molecule has 132 valence electrons. The fraction of sp³-hybridized carbons (Fsp3) is 0.222. The first-order valence-electron chi connectivity index (χ1n) is 7.54. The molecule has 0 saturated carbocycles. The van der Waals surface area contributed by atoms with Crippen LogP contribution in [-0.4, -0.2) is 25.1 Å². The van der Waals surface area contributed by atoms with E-state index in [1.165, 1.54) is 12.1 Å². The number of carbonyl (C=O) groups is 2. The summed E-state index contributed by atoms with van der Waals surface area (Å²) in [5, 5.41) is 2.35. The third-order valence-electron chi connectivity index (χ3n) is 3.16. The first-order chi connectivity index (χ1) is 11.9. The van der Waals surface area contributed by atoms with E-state index in [-0.39, 0.29) is 18.1 Å². The fourth-order valence-electron chi connectivity index (χ4n) is 1.88. The number of carbonyl (C=O) groups excluding carboxylic acids is 2. The van der Waals surface area contributed by atoms with Crippen molar-refractivity contribution in [2.45, 2.75) is 13.3 Å². The second kappa shape index (κ2) is 9.03. The van der Waals surface area contributed by atoms with Crippen LogP contribution >= 0.6 is 11.6 Å². The van der Waals surface area contributed by atoms with Gasteiger partial charge in [-0.2, -0.15) is 0 Å². The van der Waals surface area contributed by atoms with Gasteiger partial charge in [0.1, 0.15) is 11.6 Å². The molecule has 0 bridgehead atoms. The molecular weight excluding hydrogens is 349 g/mol. The zero-order valence-electron chi connectivity index (χ0n) is 13.6. The molecule has 2 aromatic carbocycles. The van der Waals surface area contributed by atoms with E-state index in [2.05, 4.69) is 5.32 Å². The van der Waals surface area contributed by atoms with Crippen molar-refractivity contribution in [1.29, 1.82) is 0 Å². The minimum atomic E-state index is -0.584. The highest BCUT2D eigenvalue weighted by Gasteiger charge is 2.09. The number of benzene rings is 2. The lowest BCUT2D eigenvalue weighted by atomic mass is 10.2. The number of esters is 1. The van der Waals surface area contributed by atoms with Gasteiger partial charge in [-0.3, -0.25) is 9.59 Å². The molecule has 2 rings (SSSR count). The SMILES string of the molecule is Cc1ccc(OCCC(=O)OCC(=O)Nc2ccc(F)c(Cl)c2)cc1. The van der Waals surface area contributed by atoms with Crippen molar-refractivity contribution in [2.75, 3.05) is 18.5 Å². The second-order valence-corrected chi connectivity index (χ2v) is 5.66. The third-order valence-corrected chi connectivity index (χ3v) is 3.45. The van der Waals surface area contributed by atoms with Crippen molar-refractivity contribution in [2.24, 2.45) is 0 Å². The predicted octanol–water partition coefficient (Wildman–Crippen LogP) is 3.74. The molecule has 7 heteroatoms. The van der Waals surface area contributed by atoms with Gasteiger partial charge in [0.25, 0.3) is 5.91 Å². The quantitative estimate of drug-likeness (QED) is 0.759. The van der Waals surface area contributed by atoms with Crippen LogP contribution in [0.5, 0.6) is 5.75 Å². The van der Waals surface area contributed by atoms with Gasteiger partial charge >= 0.3 is 5.97 Å². The summed E-state index contributed by atoms with van der Waals surface area (Å²) in [5.74, 6) is -1.03. The molecule has 0 aliphatic carbocycles. The van der Waals surface area contributed by atoms with Gasteiger partial charge in [-0.1, -0.05) is 29.3 Å². The Hall–Kier alpha value is -2.60. The lowest BCUT2D eigenvalue weighted by Gasteiger charge is -2.08. The van der Waals surface area contributed by atoms with Crippen molar-refractivity contribution in [3.05, 3.63) is 58.9 Å². The standard InChI is InChI=1S/C18H17ClFNO4/c1-12-2-5-14(6-3-12)24-9-8-18(23)25-11-17(22)21-13-4-7-16(20)15(19)10-13/h2-7,10H,8-9,11H2,1H3,(H,21,22). The smallest absolute Gasteiger partial charge is 0.309 e. The van der Waals surface area contributed by atoms with Crippen LogP contribution in [-0.2, 0) is 14.3 Å². The highest BCUT2D eigenvalue weighted by Crippen LogP contribution is 2.19. The fourth-order valence-corrected chi connectivity index (χ4v) is 2.06.